The summed E-state index contributed by atoms with van der Waals surface area (Å²) in [6, 6.07) is 16.8. The third kappa shape index (κ3) is 8.25. The summed E-state index contributed by atoms with van der Waals surface area (Å²) >= 11 is 0. The number of rotatable bonds is 12. The van der Waals surface area contributed by atoms with Crippen molar-refractivity contribution in [1.29, 1.82) is 0 Å². The van der Waals surface area contributed by atoms with Crippen LogP contribution in [0.15, 0.2) is 54.6 Å². The molecular weight excluding hydrogens is 412 g/mol. The van der Waals surface area contributed by atoms with E-state index in [0.717, 1.165) is 12.0 Å². The summed E-state index contributed by atoms with van der Waals surface area (Å²) in [4.78, 5) is 12.6. The highest BCUT2D eigenvalue weighted by atomic mass is 32.2. The molecule has 0 aliphatic rings. The lowest BCUT2D eigenvalue weighted by atomic mass is 9.97. The standard InChI is InChI=1S/C24H34N2O4S/c1-5-30-22-15-13-21(14-16-22)26(31(4,28)29)17-9-12-24(27)25-23(18-19(2)3)20-10-7-6-8-11-20/h6-8,10-11,13-16,19,23H,5,9,12,17-18H2,1-4H3,(H,25,27)/t23-/m1/s1. The SMILES string of the molecule is CCOc1ccc(N(CCCC(=O)N[C@H](CC(C)C)c2ccccc2)S(C)(=O)=O)cc1. The van der Waals surface area contributed by atoms with Crippen LogP contribution in [0.2, 0.25) is 0 Å². The number of carbonyl (C=O) groups excluding carboxylic acids is 1. The zero-order valence-corrected chi connectivity index (χ0v) is 19.7. The van der Waals surface area contributed by atoms with Crippen LogP contribution in [0.5, 0.6) is 5.75 Å². The minimum absolute atomic E-state index is 0.0502. The molecule has 2 aromatic rings. The molecular formula is C24H34N2O4S. The molecule has 0 spiro atoms. The van der Waals surface area contributed by atoms with Crippen LogP contribution < -0.4 is 14.4 Å². The maximum absolute atomic E-state index is 12.6. The first kappa shape index (κ1) is 24.7. The second-order valence-corrected chi connectivity index (χ2v) is 9.93. The van der Waals surface area contributed by atoms with Crippen molar-refractivity contribution in [2.24, 2.45) is 5.92 Å². The molecule has 0 heterocycles. The van der Waals surface area contributed by atoms with E-state index in [1.807, 2.05) is 37.3 Å². The fraction of sp³-hybridized carbons (Fsp3) is 0.458. The number of hydrogen-bond donors (Lipinski definition) is 1. The molecule has 2 aromatic carbocycles. The maximum atomic E-state index is 12.6. The Morgan fingerprint density at radius 2 is 1.71 bits per heavy atom. The number of anilines is 1. The third-order valence-corrected chi connectivity index (χ3v) is 6.04. The van der Waals surface area contributed by atoms with Crippen LogP contribution in [-0.2, 0) is 14.8 Å². The molecule has 0 aliphatic heterocycles. The van der Waals surface area contributed by atoms with Gasteiger partial charge in [-0.15, -0.1) is 0 Å². The average molecular weight is 447 g/mol. The second-order valence-electron chi connectivity index (χ2n) is 8.03. The Kier molecular flexibility index (Phi) is 9.37. The smallest absolute Gasteiger partial charge is 0.232 e. The highest BCUT2D eigenvalue weighted by Gasteiger charge is 2.19. The van der Waals surface area contributed by atoms with Gasteiger partial charge >= 0.3 is 0 Å². The average Bonchev–Trinajstić information content (AvgIpc) is 2.71. The minimum Gasteiger partial charge on any atom is -0.494 e. The number of benzene rings is 2. The quantitative estimate of drug-likeness (QED) is 0.520. The molecule has 7 heteroatoms. The van der Waals surface area contributed by atoms with Crippen LogP contribution in [0, 0.1) is 5.92 Å². The summed E-state index contributed by atoms with van der Waals surface area (Å²) in [5.74, 6) is 1.05. The zero-order valence-electron chi connectivity index (χ0n) is 18.9. The van der Waals surface area contributed by atoms with Gasteiger partial charge in [0.25, 0.3) is 0 Å². The summed E-state index contributed by atoms with van der Waals surface area (Å²) < 4.78 is 31.3. The molecule has 0 bridgehead atoms. The number of nitrogens with zero attached hydrogens (tertiary/aromatic N) is 1. The van der Waals surface area contributed by atoms with Gasteiger partial charge in [-0.1, -0.05) is 44.2 Å². The third-order valence-electron chi connectivity index (χ3n) is 4.85. The first-order valence-electron chi connectivity index (χ1n) is 10.8. The molecule has 31 heavy (non-hydrogen) atoms. The van der Waals surface area contributed by atoms with Gasteiger partial charge in [-0.2, -0.15) is 0 Å². The van der Waals surface area contributed by atoms with Gasteiger partial charge in [-0.25, -0.2) is 8.42 Å². The predicted octanol–water partition coefficient (Wildman–Crippen LogP) is 4.54. The largest absolute Gasteiger partial charge is 0.494 e. The summed E-state index contributed by atoms with van der Waals surface area (Å²) in [5, 5.41) is 3.11. The molecule has 0 fully saturated rings. The molecule has 0 unspecified atom stereocenters. The van der Waals surface area contributed by atoms with Gasteiger partial charge < -0.3 is 10.1 Å². The molecule has 0 radical (unpaired) electrons. The summed E-state index contributed by atoms with van der Waals surface area (Å²) in [6.45, 7) is 6.93. The van der Waals surface area contributed by atoms with E-state index in [1.54, 1.807) is 24.3 Å². The van der Waals surface area contributed by atoms with Gasteiger partial charge in [0.1, 0.15) is 5.75 Å². The van der Waals surface area contributed by atoms with Crippen molar-refractivity contribution >= 4 is 21.6 Å². The topological polar surface area (TPSA) is 75.7 Å². The second kappa shape index (κ2) is 11.7. The van der Waals surface area contributed by atoms with Crippen LogP contribution in [-0.4, -0.2) is 33.7 Å². The monoisotopic (exact) mass is 446 g/mol. The summed E-state index contributed by atoms with van der Waals surface area (Å²) in [6.07, 6.45) is 2.70. The van der Waals surface area contributed by atoms with Crippen LogP contribution in [0.4, 0.5) is 5.69 Å². The maximum Gasteiger partial charge on any atom is 0.232 e. The summed E-state index contributed by atoms with van der Waals surface area (Å²) in [5.41, 5.74) is 1.64. The van der Waals surface area contributed by atoms with Crippen molar-refractivity contribution in [3.8, 4) is 5.75 Å². The molecule has 170 valence electrons. The van der Waals surface area contributed by atoms with Crippen molar-refractivity contribution in [2.75, 3.05) is 23.7 Å². The lowest BCUT2D eigenvalue weighted by Gasteiger charge is -2.24. The van der Waals surface area contributed by atoms with Crippen molar-refractivity contribution in [3.63, 3.8) is 0 Å². The normalized spacial score (nSPS) is 12.4. The van der Waals surface area contributed by atoms with E-state index < -0.39 is 10.0 Å². The van der Waals surface area contributed by atoms with E-state index in [0.29, 0.717) is 30.4 Å². The number of ether oxygens (including phenoxy) is 1. The van der Waals surface area contributed by atoms with Crippen LogP contribution in [0.3, 0.4) is 0 Å². The highest BCUT2D eigenvalue weighted by molar-refractivity contribution is 7.92. The highest BCUT2D eigenvalue weighted by Crippen LogP contribution is 2.23. The fourth-order valence-corrected chi connectivity index (χ4v) is 4.41. The van der Waals surface area contributed by atoms with Crippen LogP contribution >= 0.6 is 0 Å². The number of hydrogen-bond acceptors (Lipinski definition) is 4. The Labute approximate surface area is 186 Å². The Bertz CT molecular complexity index is 912. The van der Waals surface area contributed by atoms with Crippen LogP contribution in [0.1, 0.15) is 51.6 Å². The lowest BCUT2D eigenvalue weighted by molar-refractivity contribution is -0.122. The van der Waals surface area contributed by atoms with Gasteiger partial charge in [0.2, 0.25) is 15.9 Å². The predicted molar refractivity (Wildman–Crippen MR) is 126 cm³/mol. The van der Waals surface area contributed by atoms with Gasteiger partial charge in [-0.05, 0) is 55.5 Å². The van der Waals surface area contributed by atoms with Crippen LogP contribution in [0.25, 0.3) is 0 Å². The van der Waals surface area contributed by atoms with Crippen molar-refractivity contribution in [1.82, 2.24) is 5.32 Å². The molecule has 1 N–H and O–H groups in total. The van der Waals surface area contributed by atoms with Gasteiger partial charge in [0.05, 0.1) is 24.6 Å². The first-order valence-corrected chi connectivity index (χ1v) is 12.6. The molecule has 0 saturated heterocycles. The zero-order chi connectivity index (χ0) is 22.9. The molecule has 6 nitrogen and oxygen atoms in total. The van der Waals surface area contributed by atoms with Crippen molar-refractivity contribution < 1.29 is 17.9 Å². The molecule has 0 aromatic heterocycles. The Balaban J connectivity index is 1.98. The van der Waals surface area contributed by atoms with E-state index in [4.69, 9.17) is 4.74 Å². The molecule has 1 amide bonds. The molecule has 0 aliphatic carbocycles. The van der Waals surface area contributed by atoms with Gasteiger partial charge in [-0.3, -0.25) is 9.10 Å². The molecule has 0 saturated carbocycles. The van der Waals surface area contributed by atoms with E-state index >= 15 is 0 Å². The number of amides is 1. The Morgan fingerprint density at radius 3 is 2.26 bits per heavy atom. The van der Waals surface area contributed by atoms with Gasteiger partial charge in [0, 0.05) is 13.0 Å². The Hall–Kier alpha value is -2.54. The van der Waals surface area contributed by atoms with E-state index in [9.17, 15) is 13.2 Å². The number of nitrogens with one attached hydrogen (secondary N) is 1. The fourth-order valence-electron chi connectivity index (χ4n) is 3.45. The minimum atomic E-state index is -3.46. The first-order chi connectivity index (χ1) is 14.7. The molecule has 1 atom stereocenters. The van der Waals surface area contributed by atoms with Crippen molar-refractivity contribution in [3.05, 3.63) is 60.2 Å². The lowest BCUT2D eigenvalue weighted by Crippen LogP contribution is -2.33. The van der Waals surface area contributed by atoms with E-state index in [-0.39, 0.29) is 24.9 Å². The number of carbonyl (C=O) groups is 1. The van der Waals surface area contributed by atoms with Crippen molar-refractivity contribution in [2.45, 2.75) is 46.1 Å². The summed E-state index contributed by atoms with van der Waals surface area (Å²) in [7, 11) is -3.46. The molecule has 2 rings (SSSR count). The number of sulfonamides is 1. The van der Waals surface area contributed by atoms with Gasteiger partial charge in [0.15, 0.2) is 0 Å². The van der Waals surface area contributed by atoms with E-state index in [1.165, 1.54) is 10.6 Å². The Morgan fingerprint density at radius 1 is 1.06 bits per heavy atom. The van der Waals surface area contributed by atoms with E-state index in [2.05, 4.69) is 19.2 Å².